The van der Waals surface area contributed by atoms with Gasteiger partial charge in [-0.25, -0.2) is 12.7 Å². The van der Waals surface area contributed by atoms with Gasteiger partial charge in [-0.2, -0.15) is 0 Å². The van der Waals surface area contributed by atoms with Gasteiger partial charge in [0.25, 0.3) is 0 Å². The summed E-state index contributed by atoms with van der Waals surface area (Å²) < 4.78 is 39.3. The van der Waals surface area contributed by atoms with Gasteiger partial charge in [-0.15, -0.1) is 0 Å². The number of fused-ring (bicyclic) bond motifs is 6. The number of aromatic hydroxyl groups is 2. The van der Waals surface area contributed by atoms with E-state index in [4.69, 9.17) is 9.47 Å². The van der Waals surface area contributed by atoms with E-state index >= 15 is 0 Å². The zero-order chi connectivity index (χ0) is 41.1. The van der Waals surface area contributed by atoms with Gasteiger partial charge >= 0.3 is 0 Å². The molecule has 8 aromatic rings. The Labute approximate surface area is 340 Å². The van der Waals surface area contributed by atoms with Crippen LogP contribution in [-0.2, 0) is 10.0 Å². The van der Waals surface area contributed by atoms with Crippen LogP contribution in [0, 0.1) is 0 Å². The van der Waals surface area contributed by atoms with Gasteiger partial charge in [0.05, 0.1) is 40.9 Å². The number of aliphatic hydroxyl groups is 2. The third-order valence-corrected chi connectivity index (χ3v) is 11.3. The molecule has 0 saturated carbocycles. The lowest BCUT2D eigenvalue weighted by Gasteiger charge is -2.26. The summed E-state index contributed by atoms with van der Waals surface area (Å²) >= 11 is 0. The van der Waals surface area contributed by atoms with Crippen molar-refractivity contribution in [2.45, 2.75) is 12.2 Å². The first kappa shape index (κ1) is 39.5. The summed E-state index contributed by atoms with van der Waals surface area (Å²) in [6, 6.07) is 36.3. The molecule has 0 aliphatic carbocycles. The number of aliphatic hydroxyl groups excluding tert-OH is 2. The van der Waals surface area contributed by atoms with Gasteiger partial charge in [0.15, 0.2) is 0 Å². The van der Waals surface area contributed by atoms with Gasteiger partial charge in [0, 0.05) is 82.5 Å². The maximum Gasteiger partial charge on any atom is 0.236 e. The summed E-state index contributed by atoms with van der Waals surface area (Å²) in [5.41, 5.74) is 4.23. The Morgan fingerprint density at radius 3 is 1.75 bits per heavy atom. The number of sulfonamides is 1. The molecular weight excluding hydrogens is 771 g/mol. The molecule has 59 heavy (non-hydrogen) atoms. The van der Waals surface area contributed by atoms with E-state index in [2.05, 4.69) is 32.7 Å². The predicted molar refractivity (Wildman–Crippen MR) is 231 cm³/mol. The first-order valence-electron chi connectivity index (χ1n) is 19.2. The minimum atomic E-state index is -4.11. The lowest BCUT2D eigenvalue weighted by atomic mass is 10.1. The molecule has 0 spiro atoms. The lowest BCUT2D eigenvalue weighted by Crippen LogP contribution is -2.28. The molecule has 0 bridgehead atoms. The normalized spacial score (nSPS) is 13.0. The SMILES string of the molecule is CS(=O)(=O)N(c1cc(O)cc(C(O)CNCCOc2ccc3c(c2)[nH]c2ccccc23)c1)c1cccc(C(O)CNCCOc2ccc3c(c2)[nH]c2ccccc23)c1O. The lowest BCUT2D eigenvalue weighted by molar-refractivity contribution is 0.168. The number of ether oxygens (including phenoxy) is 2. The number of para-hydroxylation sites is 3. The molecule has 0 aliphatic rings. The van der Waals surface area contributed by atoms with E-state index in [0.717, 1.165) is 54.2 Å². The van der Waals surface area contributed by atoms with Crippen LogP contribution >= 0.6 is 0 Å². The second-order valence-electron chi connectivity index (χ2n) is 14.4. The first-order chi connectivity index (χ1) is 28.5. The van der Waals surface area contributed by atoms with Crippen LogP contribution in [0.3, 0.4) is 0 Å². The molecule has 2 unspecified atom stereocenters. The van der Waals surface area contributed by atoms with E-state index in [-0.39, 0.29) is 41.3 Å². The van der Waals surface area contributed by atoms with Crippen molar-refractivity contribution < 1.29 is 38.3 Å². The first-order valence-corrected chi connectivity index (χ1v) is 21.1. The molecule has 0 fully saturated rings. The van der Waals surface area contributed by atoms with Crippen LogP contribution in [0.4, 0.5) is 11.4 Å². The van der Waals surface area contributed by atoms with Crippen molar-refractivity contribution in [1.29, 1.82) is 0 Å². The molecule has 0 aliphatic heterocycles. The van der Waals surface area contributed by atoms with E-state index in [9.17, 15) is 28.8 Å². The Balaban J connectivity index is 0.868. The molecule has 6 aromatic carbocycles. The Bertz CT molecular complexity index is 2880. The van der Waals surface area contributed by atoms with Crippen LogP contribution in [0.25, 0.3) is 43.6 Å². The number of hydrogen-bond acceptors (Lipinski definition) is 10. The molecule has 8 rings (SSSR count). The number of aromatic nitrogens is 2. The fourth-order valence-electron chi connectivity index (χ4n) is 7.45. The van der Waals surface area contributed by atoms with Crippen LogP contribution in [0.2, 0.25) is 0 Å². The molecule has 8 N–H and O–H groups in total. The largest absolute Gasteiger partial charge is 0.508 e. The molecule has 13 nitrogen and oxygen atoms in total. The standard InChI is InChI=1S/C45H45N5O8S/c1-59(55,56)50(29-21-28(22-30(51)23-29)43(52)26-46-17-19-57-31-13-15-35-33-7-2-4-10-38(33)48-40(35)24-31)42-12-6-9-37(45(42)54)44(53)27-47-18-20-58-32-14-16-36-34-8-3-5-11-39(34)49-41(36)25-32/h2-16,21-25,43-44,46-49,51-54H,17-20,26-27H2,1H3. The van der Waals surface area contributed by atoms with Crippen LogP contribution in [0.5, 0.6) is 23.0 Å². The van der Waals surface area contributed by atoms with Crippen LogP contribution < -0.4 is 24.4 Å². The fraction of sp³-hybridized carbons (Fsp3) is 0.200. The molecule has 0 saturated heterocycles. The van der Waals surface area contributed by atoms with Crippen LogP contribution in [0.15, 0.2) is 121 Å². The maximum absolute atomic E-state index is 13.3. The van der Waals surface area contributed by atoms with E-state index < -0.39 is 28.0 Å². The quantitative estimate of drug-likeness (QED) is 0.0450. The van der Waals surface area contributed by atoms with Crippen molar-refractivity contribution >= 4 is 65.0 Å². The molecule has 304 valence electrons. The Morgan fingerprint density at radius 2 is 1.17 bits per heavy atom. The number of benzene rings is 6. The highest BCUT2D eigenvalue weighted by Gasteiger charge is 2.27. The maximum atomic E-state index is 13.3. The number of nitrogens with one attached hydrogen (secondary N) is 4. The zero-order valence-electron chi connectivity index (χ0n) is 32.2. The number of H-pyrrole nitrogens is 2. The number of nitrogens with zero attached hydrogens (tertiary/aromatic N) is 1. The monoisotopic (exact) mass is 815 g/mol. The van der Waals surface area contributed by atoms with Crippen molar-refractivity contribution in [1.82, 2.24) is 20.6 Å². The molecule has 0 amide bonds. The zero-order valence-corrected chi connectivity index (χ0v) is 33.0. The minimum Gasteiger partial charge on any atom is -0.508 e. The average Bonchev–Trinajstić information content (AvgIpc) is 3.78. The van der Waals surface area contributed by atoms with Gasteiger partial charge in [-0.05, 0) is 60.2 Å². The van der Waals surface area contributed by atoms with Crippen molar-refractivity contribution in [3.8, 4) is 23.0 Å². The van der Waals surface area contributed by atoms with Gasteiger partial charge in [0.2, 0.25) is 10.0 Å². The molecule has 2 aromatic heterocycles. The third kappa shape index (κ3) is 8.63. The molecular formula is C45H45N5O8S. The van der Waals surface area contributed by atoms with E-state index in [1.165, 1.54) is 36.4 Å². The Kier molecular flexibility index (Phi) is 11.3. The molecule has 0 radical (unpaired) electrons. The number of anilines is 2. The summed E-state index contributed by atoms with van der Waals surface area (Å²) in [7, 11) is -4.11. The number of phenols is 2. The Morgan fingerprint density at radius 1 is 0.627 bits per heavy atom. The Hall–Kier alpha value is -6.29. The van der Waals surface area contributed by atoms with E-state index in [1.54, 1.807) is 0 Å². The average molecular weight is 816 g/mol. The molecule has 2 atom stereocenters. The second kappa shape index (κ2) is 16.9. The van der Waals surface area contributed by atoms with Crippen molar-refractivity contribution in [2.24, 2.45) is 0 Å². The van der Waals surface area contributed by atoms with Gasteiger partial charge in [-0.1, -0.05) is 48.5 Å². The highest BCUT2D eigenvalue weighted by Crippen LogP contribution is 2.41. The number of rotatable bonds is 17. The molecule has 2 heterocycles. The van der Waals surface area contributed by atoms with Crippen molar-refractivity contribution in [3.63, 3.8) is 0 Å². The van der Waals surface area contributed by atoms with Crippen molar-refractivity contribution in [3.05, 3.63) is 132 Å². The highest BCUT2D eigenvalue weighted by atomic mass is 32.2. The predicted octanol–water partition coefficient (Wildman–Crippen LogP) is 6.87. The minimum absolute atomic E-state index is 0.0138. The molecule has 14 heteroatoms. The fourth-order valence-corrected chi connectivity index (χ4v) is 8.45. The smallest absolute Gasteiger partial charge is 0.236 e. The van der Waals surface area contributed by atoms with Gasteiger partial charge in [0.1, 0.15) is 36.2 Å². The summed E-state index contributed by atoms with van der Waals surface area (Å²) in [6.07, 6.45) is -1.37. The summed E-state index contributed by atoms with van der Waals surface area (Å²) in [5.74, 6) is 0.648. The number of aromatic amines is 2. The number of hydrogen-bond donors (Lipinski definition) is 8. The van der Waals surface area contributed by atoms with Crippen molar-refractivity contribution in [2.75, 3.05) is 50.0 Å². The summed E-state index contributed by atoms with van der Waals surface area (Å²) in [4.78, 5) is 6.80. The van der Waals surface area contributed by atoms with Gasteiger partial charge in [-0.3, -0.25) is 0 Å². The van der Waals surface area contributed by atoms with Gasteiger partial charge < -0.3 is 50.5 Å². The summed E-state index contributed by atoms with van der Waals surface area (Å²) in [6.45, 7) is 1.53. The van der Waals surface area contributed by atoms with Crippen LogP contribution in [0.1, 0.15) is 23.3 Å². The third-order valence-electron chi connectivity index (χ3n) is 10.2. The van der Waals surface area contributed by atoms with E-state index in [0.29, 0.717) is 37.8 Å². The second-order valence-corrected chi connectivity index (χ2v) is 16.2. The van der Waals surface area contributed by atoms with E-state index in [1.807, 2.05) is 72.8 Å². The highest BCUT2D eigenvalue weighted by molar-refractivity contribution is 7.92. The van der Waals surface area contributed by atoms with Crippen LogP contribution in [-0.4, -0.2) is 84.5 Å². The summed E-state index contributed by atoms with van der Waals surface area (Å²) in [5, 5.41) is 54.9. The topological polar surface area (TPSA) is 192 Å². The number of phenolic OH excluding ortho intramolecular Hbond substituents is 2.